The van der Waals surface area contributed by atoms with E-state index in [9.17, 15) is 9.90 Å². The van der Waals surface area contributed by atoms with Gasteiger partial charge in [-0.2, -0.15) is 0 Å². The maximum atomic E-state index is 11.7. The quantitative estimate of drug-likeness (QED) is 0.557. The van der Waals surface area contributed by atoms with Crippen LogP contribution in [0.2, 0.25) is 0 Å². The van der Waals surface area contributed by atoms with Crippen LogP contribution < -0.4 is 0 Å². The summed E-state index contributed by atoms with van der Waals surface area (Å²) in [5.41, 5.74) is 2.78. The molecule has 0 aliphatic heterocycles. The molecule has 1 heterocycles. The minimum atomic E-state index is -0.295. The first-order valence-electron chi connectivity index (χ1n) is 8.92. The molecule has 0 fully saturated rings. The Kier molecular flexibility index (Phi) is 5.62. The molecule has 0 aliphatic carbocycles. The number of thiophene rings is 1. The van der Waals surface area contributed by atoms with Gasteiger partial charge in [-0.25, -0.2) is 4.79 Å². The van der Waals surface area contributed by atoms with Crippen molar-refractivity contribution in [1.29, 1.82) is 0 Å². The average molecular weight is 368 g/mol. The second-order valence-electron chi connectivity index (χ2n) is 6.66. The van der Waals surface area contributed by atoms with Crippen molar-refractivity contribution in [3.05, 3.63) is 64.0 Å². The first kappa shape index (κ1) is 18.5. The van der Waals surface area contributed by atoms with Crippen molar-refractivity contribution in [2.45, 2.75) is 39.0 Å². The highest BCUT2D eigenvalue weighted by Gasteiger charge is 2.15. The van der Waals surface area contributed by atoms with Crippen LogP contribution in [-0.4, -0.2) is 18.2 Å². The number of methoxy groups -OCH3 is 1. The molecule has 2 aromatic carbocycles. The first-order chi connectivity index (χ1) is 12.5. The molecule has 26 heavy (non-hydrogen) atoms. The summed E-state index contributed by atoms with van der Waals surface area (Å²) in [7, 11) is 1.41. The molecule has 0 saturated carbocycles. The van der Waals surface area contributed by atoms with Gasteiger partial charge in [-0.15, -0.1) is 11.3 Å². The number of phenols is 1. The minimum Gasteiger partial charge on any atom is -0.508 e. The molecule has 0 spiro atoms. The van der Waals surface area contributed by atoms with Gasteiger partial charge < -0.3 is 9.84 Å². The van der Waals surface area contributed by atoms with Crippen LogP contribution in [0.25, 0.3) is 10.1 Å². The fourth-order valence-corrected chi connectivity index (χ4v) is 4.58. The minimum absolute atomic E-state index is 0.295. The molecule has 1 unspecified atom stereocenters. The van der Waals surface area contributed by atoms with E-state index in [0.29, 0.717) is 17.2 Å². The number of carbonyl (C=O) groups excluding carboxylic acids is 1. The molecule has 0 amide bonds. The van der Waals surface area contributed by atoms with Crippen LogP contribution >= 0.6 is 11.3 Å². The number of aromatic hydroxyl groups is 1. The second kappa shape index (κ2) is 7.92. The number of carbonyl (C=O) groups is 1. The Bertz CT molecular complexity index is 926. The van der Waals surface area contributed by atoms with Crippen LogP contribution in [0.3, 0.4) is 0 Å². The molecule has 3 nitrogen and oxygen atoms in total. The van der Waals surface area contributed by atoms with Gasteiger partial charge in [0.25, 0.3) is 0 Å². The van der Waals surface area contributed by atoms with Crippen LogP contribution in [-0.2, 0) is 11.2 Å². The van der Waals surface area contributed by atoms with E-state index in [1.54, 1.807) is 17.4 Å². The summed E-state index contributed by atoms with van der Waals surface area (Å²) in [5, 5.41) is 10.9. The van der Waals surface area contributed by atoms with E-state index in [1.165, 1.54) is 22.9 Å². The molecule has 0 radical (unpaired) electrons. The third-order valence-corrected chi connectivity index (χ3v) is 6.16. The normalized spacial score (nSPS) is 12.3. The number of phenolic OH excluding ortho intramolecular Hbond substituents is 1. The van der Waals surface area contributed by atoms with Gasteiger partial charge >= 0.3 is 5.97 Å². The monoisotopic (exact) mass is 368 g/mol. The van der Waals surface area contributed by atoms with Crippen LogP contribution in [0.15, 0.2) is 42.5 Å². The average Bonchev–Trinajstić information content (AvgIpc) is 3.07. The number of hydrogen-bond donors (Lipinski definition) is 1. The Morgan fingerprint density at radius 3 is 2.69 bits per heavy atom. The highest BCUT2D eigenvalue weighted by molar-refractivity contribution is 7.19. The van der Waals surface area contributed by atoms with Gasteiger partial charge in [0.05, 0.1) is 12.7 Å². The molecule has 3 rings (SSSR count). The van der Waals surface area contributed by atoms with Crippen LogP contribution in [0, 0.1) is 6.92 Å². The molecule has 4 heteroatoms. The zero-order chi connectivity index (χ0) is 18.7. The zero-order valence-corrected chi connectivity index (χ0v) is 16.2. The van der Waals surface area contributed by atoms with Crippen molar-refractivity contribution in [2.75, 3.05) is 7.11 Å². The molecule has 136 valence electrons. The molecule has 0 saturated heterocycles. The predicted octanol–water partition coefficient (Wildman–Crippen LogP) is 5.83. The number of ether oxygens (including phenoxy) is 1. The van der Waals surface area contributed by atoms with E-state index in [0.717, 1.165) is 29.5 Å². The van der Waals surface area contributed by atoms with E-state index in [4.69, 9.17) is 4.74 Å². The fourth-order valence-electron chi connectivity index (χ4n) is 3.26. The summed E-state index contributed by atoms with van der Waals surface area (Å²) >= 11 is 1.76. The van der Waals surface area contributed by atoms with E-state index in [-0.39, 0.29) is 5.97 Å². The number of benzene rings is 2. The molecule has 0 bridgehead atoms. The third kappa shape index (κ3) is 3.91. The summed E-state index contributed by atoms with van der Waals surface area (Å²) in [4.78, 5) is 13.1. The van der Waals surface area contributed by atoms with Gasteiger partial charge in [0.1, 0.15) is 5.75 Å². The van der Waals surface area contributed by atoms with E-state index in [1.807, 2.05) is 31.2 Å². The number of fused-ring (bicyclic) bond motifs is 1. The number of hydrogen-bond acceptors (Lipinski definition) is 4. The Morgan fingerprint density at radius 1 is 1.19 bits per heavy atom. The Hall–Kier alpha value is -2.33. The molecule has 0 aliphatic rings. The summed E-state index contributed by atoms with van der Waals surface area (Å²) in [6.45, 7) is 4.15. The lowest BCUT2D eigenvalue weighted by Crippen LogP contribution is -1.99. The van der Waals surface area contributed by atoms with Crippen LogP contribution in [0.5, 0.6) is 5.75 Å². The summed E-state index contributed by atoms with van der Waals surface area (Å²) in [5.74, 6) is 0.548. The predicted molar refractivity (Wildman–Crippen MR) is 107 cm³/mol. The topological polar surface area (TPSA) is 46.5 Å². The van der Waals surface area contributed by atoms with Crippen LogP contribution in [0.4, 0.5) is 0 Å². The largest absolute Gasteiger partial charge is 0.508 e. The Labute approximate surface area is 158 Å². The first-order valence-corrected chi connectivity index (χ1v) is 9.73. The van der Waals surface area contributed by atoms with Crippen molar-refractivity contribution in [1.82, 2.24) is 0 Å². The highest BCUT2D eigenvalue weighted by Crippen LogP contribution is 2.35. The van der Waals surface area contributed by atoms with Crippen molar-refractivity contribution in [2.24, 2.45) is 0 Å². The van der Waals surface area contributed by atoms with Gasteiger partial charge in [0.2, 0.25) is 0 Å². The summed E-state index contributed by atoms with van der Waals surface area (Å²) in [6, 6.07) is 13.8. The van der Waals surface area contributed by atoms with Crippen molar-refractivity contribution < 1.29 is 14.6 Å². The Balaban J connectivity index is 1.78. The number of esters is 1. The molecule has 1 aromatic heterocycles. The van der Waals surface area contributed by atoms with Crippen molar-refractivity contribution in [3.8, 4) is 5.75 Å². The van der Waals surface area contributed by atoms with E-state index in [2.05, 4.69) is 19.1 Å². The van der Waals surface area contributed by atoms with Crippen molar-refractivity contribution in [3.63, 3.8) is 0 Å². The van der Waals surface area contributed by atoms with Gasteiger partial charge in [0, 0.05) is 9.58 Å². The fraction of sp³-hybridized carbons (Fsp3) is 0.318. The van der Waals surface area contributed by atoms with Crippen molar-refractivity contribution >= 4 is 27.4 Å². The third-order valence-electron chi connectivity index (χ3n) is 4.90. The van der Waals surface area contributed by atoms with Gasteiger partial charge in [-0.3, -0.25) is 0 Å². The maximum Gasteiger partial charge on any atom is 0.337 e. The van der Waals surface area contributed by atoms with Gasteiger partial charge in [-0.1, -0.05) is 25.1 Å². The molecule has 1 N–H and O–H groups in total. The van der Waals surface area contributed by atoms with Gasteiger partial charge in [0.15, 0.2) is 0 Å². The number of aryl methyl sites for hydroxylation is 2. The Morgan fingerprint density at radius 2 is 2.00 bits per heavy atom. The molecular weight excluding hydrogens is 344 g/mol. The highest BCUT2D eigenvalue weighted by atomic mass is 32.1. The van der Waals surface area contributed by atoms with Crippen LogP contribution in [0.1, 0.15) is 52.0 Å². The van der Waals surface area contributed by atoms with Gasteiger partial charge in [-0.05, 0) is 72.9 Å². The lowest BCUT2D eigenvalue weighted by molar-refractivity contribution is 0.0601. The summed E-state index contributed by atoms with van der Waals surface area (Å²) < 4.78 is 5.94. The van der Waals surface area contributed by atoms with E-state index < -0.39 is 0 Å². The molecule has 3 aromatic rings. The lowest BCUT2D eigenvalue weighted by Gasteiger charge is -2.13. The standard InChI is InChI=1S/C22H24O3S/c1-4-16(7-5-15-6-10-19(23)14(2)11-15)20-12-17-8-9-18(22(24)25-3)13-21(17)26-20/h6,8-13,16,23H,4-5,7H2,1-3H3. The molecular formula is C22H24O3S. The van der Waals surface area contributed by atoms with E-state index >= 15 is 0 Å². The SMILES string of the molecule is CCC(CCc1ccc(O)c(C)c1)c1cc2ccc(C(=O)OC)cc2s1. The smallest absolute Gasteiger partial charge is 0.337 e. The summed E-state index contributed by atoms with van der Waals surface area (Å²) in [6.07, 6.45) is 3.13. The zero-order valence-electron chi connectivity index (χ0n) is 15.4. The second-order valence-corrected chi connectivity index (χ2v) is 7.77. The molecule has 1 atom stereocenters. The maximum absolute atomic E-state index is 11.7. The number of rotatable bonds is 6. The lowest BCUT2D eigenvalue weighted by atomic mass is 9.95.